The van der Waals surface area contributed by atoms with Gasteiger partial charge in [-0.15, -0.1) is 0 Å². The number of aryl methyl sites for hydroxylation is 1. The van der Waals surface area contributed by atoms with Crippen LogP contribution in [0.15, 0.2) is 61.2 Å². The summed E-state index contributed by atoms with van der Waals surface area (Å²) in [5.41, 5.74) is 7.46. The van der Waals surface area contributed by atoms with E-state index >= 15 is 0 Å². The average molecular weight is 569 g/mol. The number of hydrogen-bond acceptors (Lipinski definition) is 4. The zero-order chi connectivity index (χ0) is 29.7. The summed E-state index contributed by atoms with van der Waals surface area (Å²) in [4.78, 5) is 10.8. The van der Waals surface area contributed by atoms with Crippen LogP contribution in [0.5, 0.6) is 5.75 Å². The van der Waals surface area contributed by atoms with Crippen LogP contribution in [0.2, 0.25) is 5.02 Å². The lowest BCUT2D eigenvalue weighted by Gasteiger charge is -2.48. The normalized spacial score (nSPS) is 15.7. The molecule has 4 radical (unpaired) electrons. The Morgan fingerprint density at radius 3 is 2.51 bits per heavy atom. The van der Waals surface area contributed by atoms with Crippen molar-refractivity contribution in [2.75, 3.05) is 19.8 Å². The third kappa shape index (κ3) is 6.09. The molecule has 0 unspecified atom stereocenters. The lowest BCUT2D eigenvalue weighted by molar-refractivity contribution is 0.0490. The summed E-state index contributed by atoms with van der Waals surface area (Å²) in [6.07, 6.45) is 9.77. The number of allylic oxidation sites excluding steroid dienone is 1. The van der Waals surface area contributed by atoms with Crippen molar-refractivity contribution in [3.63, 3.8) is 0 Å². The number of alkyl halides is 1. The maximum atomic E-state index is 13.0. The molecule has 1 aliphatic heterocycles. The fourth-order valence-electron chi connectivity index (χ4n) is 5.45. The highest BCUT2D eigenvalue weighted by atomic mass is 35.5. The smallest absolute Gasteiger partial charge is 0.137 e. The molecule has 0 spiro atoms. The van der Waals surface area contributed by atoms with Gasteiger partial charge in [0.15, 0.2) is 0 Å². The molecule has 1 aromatic carbocycles. The fourth-order valence-corrected chi connectivity index (χ4v) is 5.69. The molecule has 9 heteroatoms. The molecule has 0 amide bonds. The number of phenols is 1. The van der Waals surface area contributed by atoms with E-state index < -0.39 is 5.34 Å². The number of rotatable bonds is 5. The van der Waals surface area contributed by atoms with E-state index in [1.165, 1.54) is 0 Å². The Bertz CT molecular complexity index is 1530. The second-order valence-corrected chi connectivity index (χ2v) is 10.4. The number of aromatic hydroxyl groups is 1. The van der Waals surface area contributed by atoms with E-state index in [0.717, 1.165) is 52.7 Å². The molecule has 0 atom stereocenters. The predicted molar refractivity (Wildman–Crippen MR) is 168 cm³/mol. The van der Waals surface area contributed by atoms with Crippen LogP contribution in [-0.4, -0.2) is 59.8 Å². The molecule has 4 aromatic rings. The lowest BCUT2D eigenvalue weighted by Crippen LogP contribution is -2.59. The van der Waals surface area contributed by atoms with Crippen LogP contribution in [0, 0.1) is 5.92 Å². The van der Waals surface area contributed by atoms with E-state index in [1.54, 1.807) is 18.5 Å². The van der Waals surface area contributed by atoms with Gasteiger partial charge in [0.25, 0.3) is 0 Å². The molecule has 3 aromatic heterocycles. The summed E-state index contributed by atoms with van der Waals surface area (Å²) in [6.45, 7) is 8.64. The first kappa shape index (κ1) is 30.9. The van der Waals surface area contributed by atoms with Crippen molar-refractivity contribution in [3.05, 3.63) is 94.2 Å². The molecule has 1 N–H and O–H groups in total. The second kappa shape index (κ2) is 13.3. The first-order chi connectivity index (χ1) is 19.8. The summed E-state index contributed by atoms with van der Waals surface area (Å²) in [7, 11) is 12.9. The molecule has 2 aliphatic rings. The van der Waals surface area contributed by atoms with Gasteiger partial charge in [0, 0.05) is 43.8 Å². The van der Waals surface area contributed by atoms with E-state index in [0.29, 0.717) is 29.5 Å². The van der Waals surface area contributed by atoms with E-state index in [-0.39, 0.29) is 18.3 Å². The van der Waals surface area contributed by atoms with Crippen molar-refractivity contribution in [2.45, 2.75) is 52.3 Å². The lowest BCUT2D eigenvalue weighted by atomic mass is 9.57. The second-order valence-electron chi connectivity index (χ2n) is 9.96. The summed E-state index contributed by atoms with van der Waals surface area (Å²) < 4.78 is 14.9. The number of fused-ring (bicyclic) bond motifs is 2. The van der Waals surface area contributed by atoms with Gasteiger partial charge in [-0.25, -0.2) is 4.98 Å². The quantitative estimate of drug-likeness (QED) is 0.270. The van der Waals surface area contributed by atoms with Crippen molar-refractivity contribution < 1.29 is 9.50 Å². The summed E-state index contributed by atoms with van der Waals surface area (Å²) in [6, 6.07) is 11.5. The monoisotopic (exact) mass is 568 g/mol. The van der Waals surface area contributed by atoms with E-state index in [2.05, 4.69) is 4.98 Å². The van der Waals surface area contributed by atoms with Crippen molar-refractivity contribution >= 4 is 44.1 Å². The van der Waals surface area contributed by atoms with Gasteiger partial charge in [0.05, 0.1) is 33.1 Å². The zero-order valence-corrected chi connectivity index (χ0v) is 25.0. The number of benzene rings is 1. The van der Waals surface area contributed by atoms with Crippen molar-refractivity contribution in [2.24, 2.45) is 5.92 Å². The van der Waals surface area contributed by atoms with Crippen LogP contribution in [0.25, 0.3) is 16.8 Å². The molecule has 1 aliphatic carbocycles. The van der Waals surface area contributed by atoms with E-state index in [9.17, 15) is 9.50 Å². The Hall–Kier alpha value is -3.09. The Kier molecular flexibility index (Phi) is 9.98. The number of pyridine rings is 2. The molecule has 0 bridgehead atoms. The molecule has 41 heavy (non-hydrogen) atoms. The maximum absolute atomic E-state index is 13.0. The van der Waals surface area contributed by atoms with Crippen LogP contribution >= 0.6 is 11.6 Å². The number of imidazole rings is 1. The maximum Gasteiger partial charge on any atom is 0.137 e. The Labute approximate surface area is 250 Å². The molecular formula is C32H36B2ClFN4O. The Balaban J connectivity index is 0.000000929. The molecule has 1 fully saturated rings. The first-order valence-electron chi connectivity index (χ1n) is 14.4. The number of hydrogen-bond donors (Lipinski definition) is 1. The van der Waals surface area contributed by atoms with E-state index in [1.807, 2.05) is 79.7 Å². The van der Waals surface area contributed by atoms with Crippen LogP contribution in [-0.2, 0) is 11.8 Å². The van der Waals surface area contributed by atoms with Crippen LogP contribution in [0.4, 0.5) is 4.39 Å². The van der Waals surface area contributed by atoms with Gasteiger partial charge in [0.2, 0.25) is 0 Å². The van der Waals surface area contributed by atoms with Crippen molar-refractivity contribution in [1.82, 2.24) is 19.3 Å². The van der Waals surface area contributed by atoms with E-state index in [4.69, 9.17) is 32.3 Å². The van der Waals surface area contributed by atoms with Crippen LogP contribution < -0.4 is 0 Å². The topological polar surface area (TPSA) is 53.7 Å². The molecule has 4 heterocycles. The SMILES string of the molecule is CC.CC.[B]C([B])(c1cn2ccc(C3=C(c4ccncc4Cl)CCCc4cc(O)ccc43)cc2n1)N1CC(CF)C1. The minimum Gasteiger partial charge on any atom is -0.508 e. The van der Waals surface area contributed by atoms with Crippen molar-refractivity contribution in [3.8, 4) is 5.75 Å². The average Bonchev–Trinajstić information content (AvgIpc) is 3.31. The van der Waals surface area contributed by atoms with Gasteiger partial charge in [-0.3, -0.25) is 9.37 Å². The number of likely N-dealkylation sites (tertiary alicyclic amines) is 1. The van der Waals surface area contributed by atoms with Crippen molar-refractivity contribution in [1.29, 1.82) is 0 Å². The summed E-state index contributed by atoms with van der Waals surface area (Å²) in [5.74, 6) is 0.218. The van der Waals surface area contributed by atoms with Gasteiger partial charge in [0.1, 0.15) is 11.4 Å². The molecule has 6 rings (SSSR count). The van der Waals surface area contributed by atoms with Crippen LogP contribution in [0.3, 0.4) is 0 Å². The minimum absolute atomic E-state index is 0.0322. The standard InChI is InChI=1S/C28H24B2ClFN4O.2C2H6/c29-28(30,36-14-17(12-32)15-36)25-16-35-9-7-19(11-26(35)34-25)27-21-5-4-20(37)10-18(21)2-1-3-23(27)22-6-8-33-13-24(22)31;2*1-2/h4-11,13,16-17,37H,1-3,12,14-15H2;2*1-2H3. The predicted octanol–water partition coefficient (Wildman–Crippen LogP) is 6.78. The molecule has 210 valence electrons. The zero-order valence-electron chi connectivity index (χ0n) is 24.2. The number of nitrogens with zero attached hydrogens (tertiary/aromatic N) is 4. The van der Waals surface area contributed by atoms with Gasteiger partial charge in [-0.1, -0.05) is 45.4 Å². The number of phenolic OH excluding ortho intramolecular Hbond substituents is 1. The third-order valence-electron chi connectivity index (χ3n) is 7.49. The van der Waals surface area contributed by atoms with Gasteiger partial charge < -0.3 is 14.4 Å². The molecular weight excluding hydrogens is 532 g/mol. The highest BCUT2D eigenvalue weighted by Gasteiger charge is 2.38. The number of halogens is 2. The summed E-state index contributed by atoms with van der Waals surface area (Å²) in [5, 5.41) is 9.50. The summed E-state index contributed by atoms with van der Waals surface area (Å²) >= 11 is 6.63. The van der Waals surface area contributed by atoms with Crippen LogP contribution in [0.1, 0.15) is 68.5 Å². The highest BCUT2D eigenvalue weighted by molar-refractivity contribution is 6.39. The van der Waals surface area contributed by atoms with Gasteiger partial charge >= 0.3 is 0 Å². The fraction of sp³-hybridized carbons (Fsp3) is 0.375. The van der Waals surface area contributed by atoms with Gasteiger partial charge in [-0.2, -0.15) is 0 Å². The molecule has 5 nitrogen and oxygen atoms in total. The largest absolute Gasteiger partial charge is 0.508 e. The van der Waals surface area contributed by atoms with Gasteiger partial charge in [-0.05, 0) is 88.3 Å². The third-order valence-corrected chi connectivity index (χ3v) is 7.79. The highest BCUT2D eigenvalue weighted by Crippen LogP contribution is 2.42. The first-order valence-corrected chi connectivity index (χ1v) is 14.8. The Morgan fingerprint density at radius 2 is 1.80 bits per heavy atom. The number of aromatic nitrogens is 3. The molecule has 0 saturated carbocycles. The molecule has 1 saturated heterocycles. The Morgan fingerprint density at radius 1 is 1.05 bits per heavy atom. The minimum atomic E-state index is -1.28.